The Morgan fingerprint density at radius 3 is 2.48 bits per heavy atom. The van der Waals surface area contributed by atoms with Gasteiger partial charge in [0.05, 0.1) is 18.5 Å². The van der Waals surface area contributed by atoms with Gasteiger partial charge in [-0.05, 0) is 18.9 Å². The lowest BCUT2D eigenvalue weighted by atomic mass is 9.98. The highest BCUT2D eigenvalue weighted by Crippen LogP contribution is 2.23. The molecule has 1 aromatic heterocycles. The van der Waals surface area contributed by atoms with E-state index in [-0.39, 0.29) is 30.1 Å². The number of imide groups is 1. The lowest BCUT2D eigenvalue weighted by molar-refractivity contribution is -0.128. The molecule has 1 aromatic carbocycles. The molecule has 0 spiro atoms. The molecule has 25 heavy (non-hydrogen) atoms. The van der Waals surface area contributed by atoms with Crippen molar-refractivity contribution in [3.63, 3.8) is 0 Å². The molecule has 0 radical (unpaired) electrons. The lowest BCUT2D eigenvalue weighted by Crippen LogP contribution is -2.45. The number of amides is 2. The van der Waals surface area contributed by atoms with Crippen LogP contribution in [0.5, 0.6) is 0 Å². The molecule has 2 amide bonds. The Kier molecular flexibility index (Phi) is 4.35. The van der Waals surface area contributed by atoms with Gasteiger partial charge >= 0.3 is 5.63 Å². The quantitative estimate of drug-likeness (QED) is 0.627. The average molecular weight is 339 g/mol. The summed E-state index contributed by atoms with van der Waals surface area (Å²) in [6.45, 7) is 3.38. The van der Waals surface area contributed by atoms with Crippen molar-refractivity contribution in [1.29, 1.82) is 0 Å². The first kappa shape index (κ1) is 16.8. The van der Waals surface area contributed by atoms with Crippen LogP contribution >= 0.6 is 0 Å². The highest BCUT2D eigenvalue weighted by atomic mass is 16.4. The lowest BCUT2D eigenvalue weighted by Gasteiger charge is -2.26. The summed E-state index contributed by atoms with van der Waals surface area (Å²) in [5, 5.41) is 0. The van der Waals surface area contributed by atoms with E-state index in [0.717, 1.165) is 10.5 Å². The van der Waals surface area contributed by atoms with Crippen molar-refractivity contribution >= 4 is 17.6 Å². The summed E-state index contributed by atoms with van der Waals surface area (Å²) >= 11 is 0. The molecule has 0 aliphatic carbocycles. The fourth-order valence-electron chi connectivity index (χ4n) is 2.87. The van der Waals surface area contributed by atoms with Gasteiger partial charge in [-0.3, -0.25) is 19.3 Å². The van der Waals surface area contributed by atoms with Crippen LogP contribution in [0.2, 0.25) is 0 Å². The molecule has 6 heteroatoms. The van der Waals surface area contributed by atoms with Crippen LogP contribution in [-0.2, 0) is 17.6 Å². The van der Waals surface area contributed by atoms with E-state index in [0.29, 0.717) is 17.5 Å². The molecule has 0 N–H and O–H groups in total. The molecule has 128 valence electrons. The summed E-state index contributed by atoms with van der Waals surface area (Å²) < 4.78 is 5.03. The Bertz CT molecular complexity index is 924. The molecule has 0 bridgehead atoms. The number of carbonyl (C=O) groups excluding carboxylic acids is 3. The fraction of sp³-hybridized carbons (Fsp3) is 0.263. The van der Waals surface area contributed by atoms with Crippen molar-refractivity contribution in [2.45, 2.75) is 26.7 Å². The predicted molar refractivity (Wildman–Crippen MR) is 89.6 cm³/mol. The van der Waals surface area contributed by atoms with Gasteiger partial charge in [-0.2, -0.15) is 0 Å². The maximum absolute atomic E-state index is 12.7. The molecule has 0 saturated carbocycles. The van der Waals surface area contributed by atoms with Gasteiger partial charge < -0.3 is 4.42 Å². The van der Waals surface area contributed by atoms with Crippen molar-refractivity contribution in [3.05, 3.63) is 68.8 Å². The molecule has 1 aliphatic heterocycles. The Labute approximate surface area is 144 Å². The van der Waals surface area contributed by atoms with Gasteiger partial charge in [0.2, 0.25) is 5.91 Å². The van der Waals surface area contributed by atoms with E-state index < -0.39 is 17.4 Å². The van der Waals surface area contributed by atoms with Crippen LogP contribution in [0.15, 0.2) is 39.5 Å². The Morgan fingerprint density at radius 1 is 1.16 bits per heavy atom. The van der Waals surface area contributed by atoms with Gasteiger partial charge in [0.1, 0.15) is 5.76 Å². The first-order valence-corrected chi connectivity index (χ1v) is 8.01. The number of rotatable bonds is 4. The van der Waals surface area contributed by atoms with E-state index >= 15 is 0 Å². The van der Waals surface area contributed by atoms with E-state index in [1.54, 1.807) is 31.2 Å². The second-order valence-corrected chi connectivity index (χ2v) is 5.99. The average Bonchev–Trinajstić information content (AvgIpc) is 2.57. The third kappa shape index (κ3) is 3.15. The van der Waals surface area contributed by atoms with E-state index in [9.17, 15) is 19.2 Å². The molecular formula is C19H17NO5. The Morgan fingerprint density at radius 2 is 1.84 bits per heavy atom. The predicted octanol–water partition coefficient (Wildman–Crippen LogP) is 1.92. The molecule has 6 nitrogen and oxygen atoms in total. The molecular weight excluding hydrogens is 322 g/mol. The van der Waals surface area contributed by atoms with E-state index in [4.69, 9.17) is 4.42 Å². The van der Waals surface area contributed by atoms with Gasteiger partial charge in [0, 0.05) is 11.6 Å². The van der Waals surface area contributed by atoms with E-state index in [1.165, 1.54) is 6.07 Å². The van der Waals surface area contributed by atoms with Gasteiger partial charge in [0.15, 0.2) is 5.78 Å². The van der Waals surface area contributed by atoms with Gasteiger partial charge in [0.25, 0.3) is 5.91 Å². The highest BCUT2D eigenvalue weighted by molar-refractivity contribution is 6.13. The van der Waals surface area contributed by atoms with Crippen LogP contribution in [0.1, 0.15) is 44.5 Å². The number of ketones is 1. The molecule has 0 saturated heterocycles. The molecule has 0 fully saturated rings. The van der Waals surface area contributed by atoms with Gasteiger partial charge in [-0.1, -0.05) is 36.8 Å². The summed E-state index contributed by atoms with van der Waals surface area (Å²) in [7, 11) is 0. The first-order valence-electron chi connectivity index (χ1n) is 8.01. The third-order valence-electron chi connectivity index (χ3n) is 4.24. The number of hydrogen-bond acceptors (Lipinski definition) is 5. The topological polar surface area (TPSA) is 84.7 Å². The zero-order chi connectivity index (χ0) is 18.1. The molecule has 2 heterocycles. The first-order chi connectivity index (χ1) is 11.9. The maximum Gasteiger partial charge on any atom is 0.336 e. The van der Waals surface area contributed by atoms with Crippen LogP contribution in [0.4, 0.5) is 0 Å². The minimum atomic E-state index is -0.590. The standard InChI is InChI=1S/C19H17NO5/c1-3-12-8-17(23)25-15-9-16(22)20(19(24)18(12)15)10-14(21)13-6-4-11(2)5-7-13/h4-8H,3,9-10H2,1-2H3. The molecule has 2 aromatic rings. The van der Waals surface area contributed by atoms with Crippen LogP contribution in [0, 0.1) is 6.92 Å². The number of hydrogen-bond donors (Lipinski definition) is 0. The van der Waals surface area contributed by atoms with Crippen LogP contribution < -0.4 is 5.63 Å². The number of fused-ring (bicyclic) bond motifs is 1. The monoisotopic (exact) mass is 339 g/mol. The second kappa shape index (κ2) is 6.47. The van der Waals surface area contributed by atoms with Crippen molar-refractivity contribution in [3.8, 4) is 0 Å². The zero-order valence-electron chi connectivity index (χ0n) is 14.0. The minimum absolute atomic E-state index is 0.0818. The largest absolute Gasteiger partial charge is 0.426 e. The number of Topliss-reactive ketones (excluding diaryl/α,β-unsaturated/α-hetero) is 1. The number of benzene rings is 1. The second-order valence-electron chi connectivity index (χ2n) is 5.99. The van der Waals surface area contributed by atoms with Crippen LogP contribution in [0.25, 0.3) is 0 Å². The van der Waals surface area contributed by atoms with Crippen LogP contribution in [-0.4, -0.2) is 29.0 Å². The van der Waals surface area contributed by atoms with E-state index in [1.807, 2.05) is 6.92 Å². The summed E-state index contributed by atoms with van der Waals surface area (Å²) in [5.74, 6) is -1.37. The summed E-state index contributed by atoms with van der Waals surface area (Å²) in [6.07, 6.45) is 0.249. The Hall–Kier alpha value is -3.02. The molecule has 0 unspecified atom stereocenters. The molecule has 1 aliphatic rings. The summed E-state index contributed by atoms with van der Waals surface area (Å²) in [5.41, 5.74) is 1.61. The molecule has 0 atom stereocenters. The normalized spacial score (nSPS) is 13.8. The van der Waals surface area contributed by atoms with Crippen molar-refractivity contribution in [2.75, 3.05) is 6.54 Å². The smallest absolute Gasteiger partial charge is 0.336 e. The zero-order valence-corrected chi connectivity index (χ0v) is 14.0. The number of nitrogens with zero attached hydrogens (tertiary/aromatic N) is 1. The van der Waals surface area contributed by atoms with Crippen LogP contribution in [0.3, 0.4) is 0 Å². The fourth-order valence-corrected chi connectivity index (χ4v) is 2.87. The number of carbonyl (C=O) groups is 3. The summed E-state index contributed by atoms with van der Waals surface area (Å²) in [4.78, 5) is 49.9. The van der Waals surface area contributed by atoms with E-state index in [2.05, 4.69) is 0 Å². The number of aryl methyl sites for hydroxylation is 2. The van der Waals surface area contributed by atoms with Crippen molar-refractivity contribution < 1.29 is 18.8 Å². The van der Waals surface area contributed by atoms with Gasteiger partial charge in [-0.25, -0.2) is 4.79 Å². The minimum Gasteiger partial charge on any atom is -0.426 e. The Balaban J connectivity index is 1.92. The van der Waals surface area contributed by atoms with Crippen molar-refractivity contribution in [1.82, 2.24) is 4.90 Å². The molecule has 3 rings (SSSR count). The SMILES string of the molecule is CCc1cc(=O)oc2c1C(=O)N(CC(=O)c1ccc(C)cc1)C(=O)C2. The van der Waals surface area contributed by atoms with Crippen molar-refractivity contribution in [2.24, 2.45) is 0 Å². The highest BCUT2D eigenvalue weighted by Gasteiger charge is 2.35. The third-order valence-corrected chi connectivity index (χ3v) is 4.24. The van der Waals surface area contributed by atoms with Gasteiger partial charge in [-0.15, -0.1) is 0 Å². The summed E-state index contributed by atoms with van der Waals surface area (Å²) in [6, 6.07) is 8.19. The maximum atomic E-state index is 12.7.